The number of hydrogen-bond acceptors (Lipinski definition) is 4. The number of amides is 1. The molecular weight excluding hydrogens is 282 g/mol. The molecule has 0 aromatic carbocycles. The Hall–Kier alpha value is -2.04. The van der Waals surface area contributed by atoms with Crippen LogP contribution >= 0.6 is 0 Å². The predicted molar refractivity (Wildman–Crippen MR) is 80.1 cm³/mol. The van der Waals surface area contributed by atoms with Crippen LogP contribution in [0.25, 0.3) is 0 Å². The fourth-order valence-electron chi connectivity index (χ4n) is 3.56. The average molecular weight is 303 g/mol. The molecular formula is C17H21NO4. The van der Waals surface area contributed by atoms with Crippen molar-refractivity contribution < 1.29 is 19.1 Å². The molecule has 0 radical (unpaired) electrons. The molecule has 0 spiro atoms. The summed E-state index contributed by atoms with van der Waals surface area (Å²) in [6, 6.07) is 2.97. The molecule has 1 saturated carbocycles. The number of carbonyl (C=O) groups is 2. The summed E-state index contributed by atoms with van der Waals surface area (Å²) in [7, 11) is 0. The lowest BCUT2D eigenvalue weighted by molar-refractivity contribution is -0.132. The molecule has 1 atom stereocenters. The maximum absolute atomic E-state index is 12.6. The van der Waals surface area contributed by atoms with Crippen molar-refractivity contribution >= 4 is 11.7 Å². The van der Waals surface area contributed by atoms with Crippen molar-refractivity contribution in [1.29, 1.82) is 0 Å². The molecule has 22 heavy (non-hydrogen) atoms. The number of hydrogen-bond donors (Lipinski definition) is 1. The van der Waals surface area contributed by atoms with E-state index in [4.69, 9.17) is 4.42 Å². The first-order valence-corrected chi connectivity index (χ1v) is 7.97. The van der Waals surface area contributed by atoms with E-state index in [1.807, 2.05) is 0 Å². The monoisotopic (exact) mass is 303 g/mol. The molecule has 1 fully saturated rings. The van der Waals surface area contributed by atoms with Crippen molar-refractivity contribution in [3.8, 4) is 0 Å². The number of carbonyl (C=O) groups excluding carboxylic acids is 2. The standard InChI is InChI=1S/C17H21NO4/c1-2-12(19)14-15(13-9-6-10-22-13)18(17(21)16(14)20)11-7-4-3-5-8-11/h6,9-11,15,20H,2-5,7-8H2,1H3. The molecule has 0 bridgehead atoms. The van der Waals surface area contributed by atoms with Crippen LogP contribution in [-0.4, -0.2) is 27.7 Å². The highest BCUT2D eigenvalue weighted by Gasteiger charge is 2.47. The molecule has 1 aromatic rings. The van der Waals surface area contributed by atoms with Gasteiger partial charge in [0.15, 0.2) is 11.5 Å². The zero-order valence-electron chi connectivity index (χ0n) is 12.7. The summed E-state index contributed by atoms with van der Waals surface area (Å²) >= 11 is 0. The normalized spacial score (nSPS) is 23.4. The van der Waals surface area contributed by atoms with Crippen molar-refractivity contribution in [1.82, 2.24) is 4.90 Å². The quantitative estimate of drug-likeness (QED) is 0.926. The van der Waals surface area contributed by atoms with Crippen molar-refractivity contribution in [2.45, 2.75) is 57.5 Å². The maximum atomic E-state index is 12.6. The Kier molecular flexibility index (Phi) is 4.05. The van der Waals surface area contributed by atoms with Crippen LogP contribution in [0, 0.1) is 0 Å². The van der Waals surface area contributed by atoms with Gasteiger partial charge in [0.05, 0.1) is 11.8 Å². The molecule has 5 nitrogen and oxygen atoms in total. The van der Waals surface area contributed by atoms with Crippen LogP contribution in [0.5, 0.6) is 0 Å². The van der Waals surface area contributed by atoms with Gasteiger partial charge in [0.2, 0.25) is 0 Å². The molecule has 2 heterocycles. The van der Waals surface area contributed by atoms with Crippen molar-refractivity contribution in [2.75, 3.05) is 0 Å². The maximum Gasteiger partial charge on any atom is 0.290 e. The number of Topliss-reactive ketones (excluding diaryl/α,β-unsaturated/α-hetero) is 1. The Bertz CT molecular complexity index is 596. The summed E-state index contributed by atoms with van der Waals surface area (Å²) in [6.45, 7) is 1.73. The molecule has 2 aliphatic rings. The molecule has 118 valence electrons. The molecule has 0 saturated heterocycles. The summed E-state index contributed by atoms with van der Waals surface area (Å²) in [6.07, 6.45) is 6.90. The highest BCUT2D eigenvalue weighted by molar-refractivity contribution is 6.08. The van der Waals surface area contributed by atoms with Crippen LogP contribution in [0.1, 0.15) is 57.3 Å². The Balaban J connectivity index is 2.02. The van der Waals surface area contributed by atoms with Crippen molar-refractivity contribution in [2.24, 2.45) is 0 Å². The van der Waals surface area contributed by atoms with Crippen molar-refractivity contribution in [3.63, 3.8) is 0 Å². The fraction of sp³-hybridized carbons (Fsp3) is 0.529. The predicted octanol–water partition coefficient (Wildman–Crippen LogP) is 3.29. The van der Waals surface area contributed by atoms with Gasteiger partial charge >= 0.3 is 0 Å². The second-order valence-corrected chi connectivity index (χ2v) is 5.96. The van der Waals surface area contributed by atoms with Crippen LogP contribution in [-0.2, 0) is 9.59 Å². The lowest BCUT2D eigenvalue weighted by atomic mass is 9.92. The Morgan fingerprint density at radius 2 is 2.09 bits per heavy atom. The number of furan rings is 1. The molecule has 3 rings (SSSR count). The topological polar surface area (TPSA) is 70.8 Å². The zero-order valence-corrected chi connectivity index (χ0v) is 12.7. The van der Waals surface area contributed by atoms with Gasteiger partial charge in [-0.05, 0) is 25.0 Å². The van der Waals surface area contributed by atoms with Crippen LogP contribution in [0.3, 0.4) is 0 Å². The van der Waals surface area contributed by atoms with E-state index in [0.717, 1.165) is 25.7 Å². The molecule has 1 aliphatic carbocycles. The third-order valence-corrected chi connectivity index (χ3v) is 4.65. The number of aliphatic hydroxyl groups is 1. The van der Waals surface area contributed by atoms with Gasteiger partial charge in [0.1, 0.15) is 11.8 Å². The average Bonchev–Trinajstić information content (AvgIpc) is 3.15. The van der Waals surface area contributed by atoms with Gasteiger partial charge in [-0.25, -0.2) is 0 Å². The SMILES string of the molecule is CCC(=O)C1=C(O)C(=O)N(C2CCCCC2)C1c1ccco1. The van der Waals surface area contributed by atoms with E-state index in [1.165, 1.54) is 12.7 Å². The molecule has 1 unspecified atom stereocenters. The van der Waals surface area contributed by atoms with E-state index in [0.29, 0.717) is 5.76 Å². The minimum atomic E-state index is -0.585. The van der Waals surface area contributed by atoms with E-state index in [-0.39, 0.29) is 23.8 Å². The molecule has 1 aliphatic heterocycles. The third-order valence-electron chi connectivity index (χ3n) is 4.65. The number of rotatable bonds is 4. The van der Waals surface area contributed by atoms with Crippen LogP contribution in [0.2, 0.25) is 0 Å². The van der Waals surface area contributed by atoms with E-state index in [2.05, 4.69) is 0 Å². The number of nitrogens with zero attached hydrogens (tertiary/aromatic N) is 1. The summed E-state index contributed by atoms with van der Waals surface area (Å²) in [5, 5.41) is 10.3. The van der Waals surface area contributed by atoms with Crippen LogP contribution in [0.15, 0.2) is 34.1 Å². The Morgan fingerprint density at radius 1 is 1.36 bits per heavy atom. The minimum absolute atomic E-state index is 0.0562. The van der Waals surface area contributed by atoms with Gasteiger partial charge in [0.25, 0.3) is 5.91 Å². The fourth-order valence-corrected chi connectivity index (χ4v) is 3.56. The van der Waals surface area contributed by atoms with Gasteiger partial charge in [-0.15, -0.1) is 0 Å². The first-order valence-electron chi connectivity index (χ1n) is 7.97. The second kappa shape index (κ2) is 5.99. The molecule has 1 aromatic heterocycles. The van der Waals surface area contributed by atoms with Crippen molar-refractivity contribution in [3.05, 3.63) is 35.5 Å². The number of ketones is 1. The van der Waals surface area contributed by atoms with Gasteiger partial charge in [-0.2, -0.15) is 0 Å². The zero-order chi connectivity index (χ0) is 15.7. The molecule has 1 N–H and O–H groups in total. The first-order chi connectivity index (χ1) is 10.6. The van der Waals surface area contributed by atoms with E-state index in [1.54, 1.807) is 24.0 Å². The minimum Gasteiger partial charge on any atom is -0.503 e. The summed E-state index contributed by atoms with van der Waals surface area (Å²) in [5.41, 5.74) is 0.188. The van der Waals surface area contributed by atoms with Gasteiger partial charge < -0.3 is 14.4 Å². The Labute approximate surface area is 129 Å². The van der Waals surface area contributed by atoms with Gasteiger partial charge in [-0.1, -0.05) is 26.2 Å². The summed E-state index contributed by atoms with van der Waals surface area (Å²) in [5.74, 6) is -0.505. The second-order valence-electron chi connectivity index (χ2n) is 5.96. The van der Waals surface area contributed by atoms with E-state index < -0.39 is 17.7 Å². The first kappa shape index (κ1) is 14.9. The Morgan fingerprint density at radius 3 is 2.68 bits per heavy atom. The smallest absolute Gasteiger partial charge is 0.290 e. The summed E-state index contributed by atoms with van der Waals surface area (Å²) in [4.78, 5) is 26.5. The van der Waals surface area contributed by atoms with Gasteiger partial charge in [-0.3, -0.25) is 9.59 Å². The largest absolute Gasteiger partial charge is 0.503 e. The lowest BCUT2D eigenvalue weighted by Gasteiger charge is -2.35. The molecule has 5 heteroatoms. The highest BCUT2D eigenvalue weighted by atomic mass is 16.3. The third kappa shape index (κ3) is 2.34. The van der Waals surface area contributed by atoms with E-state index in [9.17, 15) is 14.7 Å². The van der Waals surface area contributed by atoms with E-state index >= 15 is 0 Å². The van der Waals surface area contributed by atoms with Gasteiger partial charge in [0, 0.05) is 12.5 Å². The van der Waals surface area contributed by atoms with Crippen LogP contribution in [0.4, 0.5) is 0 Å². The lowest BCUT2D eigenvalue weighted by Crippen LogP contribution is -2.41. The van der Waals surface area contributed by atoms with Crippen LogP contribution < -0.4 is 0 Å². The molecule has 1 amide bonds. The summed E-state index contributed by atoms with van der Waals surface area (Å²) < 4.78 is 5.47. The number of aliphatic hydroxyl groups excluding tert-OH is 1. The highest BCUT2D eigenvalue weighted by Crippen LogP contribution is 2.42.